The molecule has 0 radical (unpaired) electrons. The third-order valence-corrected chi connectivity index (χ3v) is 3.97. The first-order valence-corrected chi connectivity index (χ1v) is 8.42. The zero-order chi connectivity index (χ0) is 18.4. The highest BCUT2D eigenvalue weighted by Gasteiger charge is 2.09. The minimum absolute atomic E-state index is 0.0762. The maximum absolute atomic E-state index is 12.2. The largest absolute Gasteiger partial charge is 0.343 e. The van der Waals surface area contributed by atoms with Crippen LogP contribution in [0, 0.1) is 6.92 Å². The van der Waals surface area contributed by atoms with Crippen LogP contribution in [-0.4, -0.2) is 18.4 Å². The SMILES string of the molecule is Cc1cccc(NC(=O)CNC(=O)c2ccc(-c3ccccc3)cc2)c1. The third kappa shape index (κ3) is 4.57. The normalized spacial score (nSPS) is 10.2. The Morgan fingerprint density at radius 1 is 0.808 bits per heavy atom. The summed E-state index contributed by atoms with van der Waals surface area (Å²) in [5.41, 5.74) is 4.44. The second-order valence-electron chi connectivity index (χ2n) is 6.04. The number of amides is 2. The van der Waals surface area contributed by atoms with Crippen LogP contribution in [-0.2, 0) is 4.79 Å². The lowest BCUT2D eigenvalue weighted by Gasteiger charge is -2.08. The number of carbonyl (C=O) groups is 2. The van der Waals surface area contributed by atoms with Crippen molar-refractivity contribution in [2.45, 2.75) is 6.92 Å². The molecule has 0 heterocycles. The first-order chi connectivity index (χ1) is 12.6. The Balaban J connectivity index is 1.55. The molecule has 0 atom stereocenters. The third-order valence-electron chi connectivity index (χ3n) is 3.97. The summed E-state index contributed by atoms with van der Waals surface area (Å²) < 4.78 is 0. The predicted molar refractivity (Wildman–Crippen MR) is 104 cm³/mol. The van der Waals surface area contributed by atoms with Crippen molar-refractivity contribution < 1.29 is 9.59 Å². The molecule has 4 nitrogen and oxygen atoms in total. The maximum atomic E-state index is 12.2. The average molecular weight is 344 g/mol. The molecule has 2 N–H and O–H groups in total. The summed E-state index contributed by atoms with van der Waals surface area (Å²) >= 11 is 0. The number of rotatable bonds is 5. The van der Waals surface area contributed by atoms with Crippen LogP contribution >= 0.6 is 0 Å². The maximum Gasteiger partial charge on any atom is 0.251 e. The molecule has 0 fully saturated rings. The van der Waals surface area contributed by atoms with E-state index in [-0.39, 0.29) is 18.4 Å². The molecule has 26 heavy (non-hydrogen) atoms. The van der Waals surface area contributed by atoms with Gasteiger partial charge in [-0.15, -0.1) is 0 Å². The van der Waals surface area contributed by atoms with Gasteiger partial charge in [0.1, 0.15) is 0 Å². The van der Waals surface area contributed by atoms with E-state index in [0.29, 0.717) is 5.56 Å². The number of hydrogen-bond donors (Lipinski definition) is 2. The van der Waals surface area contributed by atoms with Gasteiger partial charge < -0.3 is 10.6 Å². The van der Waals surface area contributed by atoms with Gasteiger partial charge in [-0.1, -0.05) is 54.6 Å². The van der Waals surface area contributed by atoms with Crippen molar-refractivity contribution >= 4 is 17.5 Å². The fourth-order valence-corrected chi connectivity index (χ4v) is 2.64. The van der Waals surface area contributed by atoms with Gasteiger partial charge in [0.05, 0.1) is 6.54 Å². The number of hydrogen-bond acceptors (Lipinski definition) is 2. The second-order valence-corrected chi connectivity index (χ2v) is 6.04. The van der Waals surface area contributed by atoms with Crippen LogP contribution in [0.25, 0.3) is 11.1 Å². The Bertz CT molecular complexity index is 903. The van der Waals surface area contributed by atoms with Gasteiger partial charge in [-0.3, -0.25) is 9.59 Å². The van der Waals surface area contributed by atoms with Crippen molar-refractivity contribution in [3.63, 3.8) is 0 Å². The van der Waals surface area contributed by atoms with Crippen molar-refractivity contribution in [2.24, 2.45) is 0 Å². The Morgan fingerprint density at radius 2 is 1.50 bits per heavy atom. The smallest absolute Gasteiger partial charge is 0.251 e. The molecule has 0 saturated heterocycles. The monoisotopic (exact) mass is 344 g/mol. The van der Waals surface area contributed by atoms with E-state index in [1.165, 1.54) is 0 Å². The Morgan fingerprint density at radius 3 is 2.19 bits per heavy atom. The molecule has 0 spiro atoms. The van der Waals surface area contributed by atoms with E-state index in [1.54, 1.807) is 12.1 Å². The van der Waals surface area contributed by atoms with E-state index in [4.69, 9.17) is 0 Å². The number of carbonyl (C=O) groups excluding carboxylic acids is 2. The molecule has 3 rings (SSSR count). The van der Waals surface area contributed by atoms with E-state index in [1.807, 2.05) is 73.7 Å². The topological polar surface area (TPSA) is 58.2 Å². The molecule has 0 aliphatic rings. The number of benzene rings is 3. The van der Waals surface area contributed by atoms with Gasteiger partial charge >= 0.3 is 0 Å². The summed E-state index contributed by atoms with van der Waals surface area (Å²) in [6, 6.07) is 24.8. The molecule has 3 aromatic carbocycles. The van der Waals surface area contributed by atoms with Gasteiger partial charge in [0, 0.05) is 11.3 Å². The van der Waals surface area contributed by atoms with E-state index < -0.39 is 0 Å². The second kappa shape index (κ2) is 8.12. The Kier molecular flexibility index (Phi) is 5.44. The number of nitrogens with one attached hydrogen (secondary N) is 2. The molecule has 0 saturated carbocycles. The van der Waals surface area contributed by atoms with Crippen molar-refractivity contribution in [3.05, 3.63) is 90.0 Å². The predicted octanol–water partition coefficient (Wildman–Crippen LogP) is 4.03. The molecule has 0 aliphatic heterocycles. The van der Waals surface area contributed by atoms with Gasteiger partial charge in [-0.25, -0.2) is 0 Å². The summed E-state index contributed by atoms with van der Waals surface area (Å²) in [5, 5.41) is 5.41. The fourth-order valence-electron chi connectivity index (χ4n) is 2.64. The molecule has 0 bridgehead atoms. The highest BCUT2D eigenvalue weighted by Crippen LogP contribution is 2.19. The van der Waals surface area contributed by atoms with E-state index in [2.05, 4.69) is 10.6 Å². The lowest BCUT2D eigenvalue weighted by molar-refractivity contribution is -0.115. The van der Waals surface area contributed by atoms with Crippen molar-refractivity contribution in [1.29, 1.82) is 0 Å². The zero-order valence-electron chi connectivity index (χ0n) is 14.5. The lowest BCUT2D eigenvalue weighted by atomic mass is 10.0. The van der Waals surface area contributed by atoms with E-state index >= 15 is 0 Å². The van der Waals surface area contributed by atoms with Crippen molar-refractivity contribution in [1.82, 2.24) is 5.32 Å². The molecular weight excluding hydrogens is 324 g/mol. The first-order valence-electron chi connectivity index (χ1n) is 8.42. The standard InChI is InChI=1S/C22H20N2O2/c1-16-6-5-9-20(14-16)24-21(25)15-23-22(26)19-12-10-18(11-13-19)17-7-3-2-4-8-17/h2-14H,15H2,1H3,(H,23,26)(H,24,25). The van der Waals surface area contributed by atoms with Gasteiger partial charge in [0.15, 0.2) is 0 Å². The molecule has 3 aromatic rings. The van der Waals surface area contributed by atoms with Gasteiger partial charge in [-0.2, -0.15) is 0 Å². The van der Waals surface area contributed by atoms with Gasteiger partial charge in [-0.05, 0) is 47.9 Å². The van der Waals surface area contributed by atoms with Crippen molar-refractivity contribution in [2.75, 3.05) is 11.9 Å². The highest BCUT2D eigenvalue weighted by atomic mass is 16.2. The molecular formula is C22H20N2O2. The van der Waals surface area contributed by atoms with Gasteiger partial charge in [0.25, 0.3) is 5.91 Å². The minimum Gasteiger partial charge on any atom is -0.343 e. The summed E-state index contributed by atoms with van der Waals surface area (Å²) in [5.74, 6) is -0.533. The van der Waals surface area contributed by atoms with Crippen LogP contribution in [0.15, 0.2) is 78.9 Å². The quantitative estimate of drug-likeness (QED) is 0.734. The van der Waals surface area contributed by atoms with Crippen molar-refractivity contribution in [3.8, 4) is 11.1 Å². The fraction of sp³-hybridized carbons (Fsp3) is 0.0909. The van der Waals surface area contributed by atoms with E-state index in [0.717, 1.165) is 22.4 Å². The van der Waals surface area contributed by atoms with Crippen LogP contribution in [0.1, 0.15) is 15.9 Å². The van der Waals surface area contributed by atoms with Crippen LogP contribution in [0.5, 0.6) is 0 Å². The first kappa shape index (κ1) is 17.4. The van der Waals surface area contributed by atoms with Crippen LogP contribution in [0.3, 0.4) is 0 Å². The summed E-state index contributed by atoms with van der Waals surface area (Å²) in [6.07, 6.45) is 0. The average Bonchev–Trinajstić information content (AvgIpc) is 2.67. The Labute approximate surface area is 152 Å². The Hall–Kier alpha value is -3.40. The highest BCUT2D eigenvalue weighted by molar-refractivity contribution is 5.99. The summed E-state index contributed by atoms with van der Waals surface area (Å²) in [4.78, 5) is 24.2. The molecule has 0 unspecified atom stereocenters. The molecule has 0 aromatic heterocycles. The summed E-state index contributed by atoms with van der Waals surface area (Å²) in [7, 11) is 0. The number of anilines is 1. The molecule has 2 amide bonds. The molecule has 4 heteroatoms. The van der Waals surface area contributed by atoms with Crippen LogP contribution in [0.4, 0.5) is 5.69 Å². The molecule has 0 aliphatic carbocycles. The van der Waals surface area contributed by atoms with E-state index in [9.17, 15) is 9.59 Å². The molecule has 130 valence electrons. The lowest BCUT2D eigenvalue weighted by Crippen LogP contribution is -2.32. The summed E-state index contributed by atoms with van der Waals surface area (Å²) in [6.45, 7) is 1.88. The number of aryl methyl sites for hydroxylation is 1. The van der Waals surface area contributed by atoms with Crippen LogP contribution < -0.4 is 10.6 Å². The van der Waals surface area contributed by atoms with Crippen LogP contribution in [0.2, 0.25) is 0 Å². The minimum atomic E-state index is -0.274. The van der Waals surface area contributed by atoms with Gasteiger partial charge in [0.2, 0.25) is 5.91 Å². The zero-order valence-corrected chi connectivity index (χ0v) is 14.5.